The van der Waals surface area contributed by atoms with Crippen molar-refractivity contribution in [2.24, 2.45) is 58.8 Å². The van der Waals surface area contributed by atoms with Crippen molar-refractivity contribution < 1.29 is 102 Å². The molecule has 4 aliphatic rings. The molecule has 6 aromatic rings. The Labute approximate surface area is 510 Å². The van der Waals surface area contributed by atoms with Gasteiger partial charge in [0.2, 0.25) is 0 Å². The van der Waals surface area contributed by atoms with E-state index < -0.39 is 119 Å². The van der Waals surface area contributed by atoms with Crippen LogP contribution in [0.25, 0.3) is 22.2 Å². The van der Waals surface area contributed by atoms with Gasteiger partial charge < -0.3 is 66.0 Å². The summed E-state index contributed by atoms with van der Waals surface area (Å²) in [5.74, 6) is -1.06. The second kappa shape index (κ2) is 26.9. The molecule has 20 atom stereocenters. The highest BCUT2D eigenvalue weighted by Crippen LogP contribution is 2.62. The van der Waals surface area contributed by atoms with E-state index in [1.807, 2.05) is 60.0 Å². The number of aromatic nitrogens is 9. The van der Waals surface area contributed by atoms with Crippen molar-refractivity contribution in [2.75, 3.05) is 37.9 Å². The molecule has 10 heterocycles. The largest absolute Gasteiger partial charge is 0.481 e. The van der Waals surface area contributed by atoms with Gasteiger partial charge in [-0.15, -0.1) is 0 Å². The Bertz CT molecular complexity index is 3770. The third-order valence-corrected chi connectivity index (χ3v) is 22.4. The van der Waals surface area contributed by atoms with Gasteiger partial charge in [0.05, 0.1) is 74.4 Å². The van der Waals surface area contributed by atoms with Crippen LogP contribution in [0.1, 0.15) is 107 Å². The summed E-state index contributed by atoms with van der Waals surface area (Å²) in [5, 5.41) is 0.675. The Morgan fingerprint density at radius 1 is 0.551 bits per heavy atom. The quantitative estimate of drug-likeness (QED) is 0.0324. The zero-order chi connectivity index (χ0) is 64.8. The van der Waals surface area contributed by atoms with Gasteiger partial charge in [-0.05, 0) is 48.8 Å². The second-order valence-corrected chi connectivity index (χ2v) is 28.9. The molecule has 0 saturated carbocycles. The summed E-state index contributed by atoms with van der Waals surface area (Å²) in [6.45, 7) is 15.4. The van der Waals surface area contributed by atoms with E-state index in [1.54, 1.807) is 81.9 Å². The van der Waals surface area contributed by atoms with E-state index in [0.29, 0.717) is 45.0 Å². The molecule has 89 heavy (non-hydrogen) atoms. The number of hydrogen-bond donors (Lipinski definition) is 8. The van der Waals surface area contributed by atoms with Gasteiger partial charge in [0.15, 0.2) is 36.3 Å². The summed E-state index contributed by atoms with van der Waals surface area (Å²) in [7, 11) is -20.2. The van der Waals surface area contributed by atoms with Crippen molar-refractivity contribution in [2.45, 2.75) is 112 Å². The van der Waals surface area contributed by atoms with Crippen molar-refractivity contribution in [1.29, 1.82) is 0 Å². The molecule has 4 saturated heterocycles. The van der Waals surface area contributed by atoms with Crippen LogP contribution in [0.4, 0.5) is 11.6 Å². The monoisotopic (exact) mass is 1330 g/mol. The minimum Gasteiger partial charge on any atom is -0.383 e. The van der Waals surface area contributed by atoms with E-state index in [4.69, 9.17) is 60.0 Å². The number of primary amides is 2. The molecule has 0 aromatic carbocycles. The summed E-state index contributed by atoms with van der Waals surface area (Å²) in [6, 6.07) is 8.26. The number of hydrogen-bond acceptors (Lipinski definition) is 23. The van der Waals surface area contributed by atoms with Crippen LogP contribution >= 0.6 is 31.3 Å². The van der Waals surface area contributed by atoms with E-state index in [0.717, 1.165) is 0 Å². The minimum atomic E-state index is -5.06. The highest BCUT2D eigenvalue weighted by atomic mass is 31.3. The number of phosphoric acid groups is 4. The number of pyridine rings is 2. The molecule has 6 aromatic heterocycles. The van der Waals surface area contributed by atoms with E-state index in [9.17, 15) is 47.4 Å². The van der Waals surface area contributed by atoms with Gasteiger partial charge in [0.25, 0.3) is 24.3 Å². The van der Waals surface area contributed by atoms with Crippen molar-refractivity contribution in [3.8, 4) is 0 Å². The number of carbonyl (C=O) groups is 2. The highest BCUT2D eigenvalue weighted by Gasteiger charge is 2.50. The fourth-order valence-corrected chi connectivity index (χ4v) is 15.4. The molecule has 2 amide bonds. The Morgan fingerprint density at radius 2 is 0.966 bits per heavy atom. The minimum absolute atomic E-state index is 0.0620. The summed E-state index contributed by atoms with van der Waals surface area (Å²) >= 11 is 0. The van der Waals surface area contributed by atoms with E-state index in [-0.39, 0.29) is 53.2 Å². The maximum absolute atomic E-state index is 12.7. The third-order valence-electron chi connectivity index (χ3n) is 17.2. The first-order valence-electron chi connectivity index (χ1n) is 28.3. The van der Waals surface area contributed by atoms with Crippen molar-refractivity contribution in [3.05, 3.63) is 90.9 Å². The predicted molar refractivity (Wildman–Crippen MR) is 311 cm³/mol. The molecule has 4 aliphatic heterocycles. The number of imidazole rings is 1. The lowest BCUT2D eigenvalue weighted by molar-refractivity contribution is -0.765. The number of nitrogen functional groups attached to an aromatic ring is 2. The molecule has 12 N–H and O–H groups in total. The molecule has 4 fully saturated rings. The summed E-state index contributed by atoms with van der Waals surface area (Å²) in [5.41, 5.74) is 24.8. The van der Waals surface area contributed by atoms with E-state index in [1.165, 1.54) is 12.7 Å². The number of phosphoric ester groups is 4. The van der Waals surface area contributed by atoms with Crippen LogP contribution in [0.3, 0.4) is 0 Å². The average Bonchev–Trinajstić information content (AvgIpc) is 1.76. The maximum Gasteiger partial charge on any atom is 0.481 e. The Morgan fingerprint density at radius 3 is 1.40 bits per heavy atom. The molecule has 10 rings (SSSR count). The lowest BCUT2D eigenvalue weighted by Gasteiger charge is -2.21. The van der Waals surface area contributed by atoms with E-state index in [2.05, 4.69) is 33.5 Å². The summed E-state index contributed by atoms with van der Waals surface area (Å²) < 4.78 is 111. The van der Waals surface area contributed by atoms with Crippen LogP contribution in [0, 0.1) is 54.3 Å². The van der Waals surface area contributed by atoms with Gasteiger partial charge in [-0.1, -0.05) is 55.4 Å². The summed E-state index contributed by atoms with van der Waals surface area (Å²) in [6.07, 6.45) is 6.45. The first kappa shape index (κ1) is 67.8. The fourth-order valence-electron chi connectivity index (χ4n) is 11.2. The number of amides is 2. The van der Waals surface area contributed by atoms with Gasteiger partial charge in [0, 0.05) is 30.2 Å². The van der Waals surface area contributed by atoms with Crippen LogP contribution in [0.5, 0.6) is 0 Å². The van der Waals surface area contributed by atoms with Crippen LogP contribution in [-0.4, -0.2) is 116 Å². The molecule has 20 unspecified atom stereocenters. The number of carbonyl (C=O) groups excluding carboxylic acids is 2. The number of aryl methyl sites for hydroxylation is 1. The number of fused-ring (bicyclic) bond motifs is 2. The molecule has 0 bridgehead atoms. The van der Waals surface area contributed by atoms with Crippen LogP contribution in [-0.2, 0) is 63.9 Å². The van der Waals surface area contributed by atoms with Gasteiger partial charge in [0.1, 0.15) is 52.7 Å². The molecule has 37 heteroatoms. The maximum atomic E-state index is 12.7. The Hall–Kier alpha value is -5.63. The first-order chi connectivity index (χ1) is 41.7. The van der Waals surface area contributed by atoms with Gasteiger partial charge >= 0.3 is 31.3 Å². The number of nitrogens with two attached hydrogens (primary N) is 4. The average molecular weight is 1330 g/mol. The molecule has 33 nitrogen and oxygen atoms in total. The fraction of sp³-hybridized carbons (Fsp3) is 0.558. The Balaban J connectivity index is 0.000000211. The number of anilines is 2. The summed E-state index contributed by atoms with van der Waals surface area (Å²) in [4.78, 5) is 85.3. The first-order valence-corrected chi connectivity index (χ1v) is 34.3. The van der Waals surface area contributed by atoms with Gasteiger partial charge in [-0.2, -0.15) is 17.8 Å². The molecule has 486 valence electrons. The molecule has 0 radical (unpaired) electrons. The lowest BCUT2D eigenvalue weighted by atomic mass is 9.93. The van der Waals surface area contributed by atoms with Gasteiger partial charge in [-0.25, -0.2) is 43.2 Å². The van der Waals surface area contributed by atoms with Crippen LogP contribution < -0.4 is 32.1 Å². The molecule has 0 spiro atoms. The third kappa shape index (κ3) is 15.3. The van der Waals surface area contributed by atoms with Crippen molar-refractivity contribution >= 4 is 76.9 Å². The molecular formula is C52H75N13O20P4+2. The Kier molecular flexibility index (Phi) is 20.5. The topological polar surface area (TPSA) is 462 Å². The SMILES string of the molecule is CC1C(COP(=O)(O)OP(=O)(O)OCC2OC([n+]3cccc(C(N)=O)c3)C(C)C2C)OC(n2cnc3c(N)ncnc32)C1C.Cc1nc(N)c2ccn(C3OC(COP(=O)(O)OP(=O)(O)OCC4OC([n+]5cccc(C(N)=O)c5)C(C)C4C)C(C)C3C)c2n1. The normalized spacial score (nSPS) is 31.4. The highest BCUT2D eigenvalue weighted by molar-refractivity contribution is 7.61. The van der Waals surface area contributed by atoms with Crippen LogP contribution in [0.2, 0.25) is 0 Å². The number of nitrogens with zero attached hydrogens (tertiary/aromatic N) is 9. The van der Waals surface area contributed by atoms with Gasteiger partial charge in [-0.3, -0.25) is 32.3 Å². The smallest absolute Gasteiger partial charge is 0.383 e. The van der Waals surface area contributed by atoms with E-state index >= 15 is 0 Å². The second-order valence-electron chi connectivity index (χ2n) is 22.9. The van der Waals surface area contributed by atoms with Crippen molar-refractivity contribution in [1.82, 2.24) is 34.1 Å². The van der Waals surface area contributed by atoms with Crippen molar-refractivity contribution in [3.63, 3.8) is 0 Å². The van der Waals surface area contributed by atoms with Crippen LogP contribution in [0.15, 0.2) is 74.0 Å². The molecular weight excluding hydrogens is 1250 g/mol. The number of ether oxygens (including phenoxy) is 4. The zero-order valence-electron chi connectivity index (χ0n) is 49.9. The lowest BCUT2D eigenvalue weighted by Crippen LogP contribution is -2.42. The predicted octanol–water partition coefficient (Wildman–Crippen LogP) is 5.08. The number of rotatable bonds is 22. The standard InChI is InChI=1S/C27H38N6O10P2.C25H35N7O10P2/c1-14-16(3)26(32-9-6-7-19(11-32)24(29)34)41-21(14)12-39-44(35,36)43-45(37,38)40-13-22-15(2)17(4)27(42-22)33-10-8-20-23(28)30-18(5)31-25(20)33;1-13-15(3)24(31-7-5-6-17(8-31)22(27)33)40-18(13)9-38-43(34,35)42-44(36,37)39-10-19-14(2)16(4)25(41-19)32-12-30-20-21(26)28-11-29-23(20)32/h6-11,14-17,21-22,26-27H,12-13H2,1-5H3,(H5-,28,29,30,31,34,35,36,37,38);5-8,11-16,18-19,24-25H,9-10H2,1-4H3,(H5-,26,27,28,29,33,34,35,36,37)/p+2. The zero-order valence-corrected chi connectivity index (χ0v) is 53.5. The molecule has 0 aliphatic carbocycles.